The second-order valence-electron chi connectivity index (χ2n) is 6.71. The summed E-state index contributed by atoms with van der Waals surface area (Å²) in [6, 6.07) is 11.1. The maximum atomic E-state index is 10.6. The number of pyridine rings is 2. The number of fused-ring (bicyclic) bond motifs is 1. The van der Waals surface area contributed by atoms with E-state index in [4.69, 9.17) is 16.3 Å². The Labute approximate surface area is 173 Å². The molecule has 0 spiro atoms. The van der Waals surface area contributed by atoms with Crippen LogP contribution in [0.15, 0.2) is 42.6 Å². The summed E-state index contributed by atoms with van der Waals surface area (Å²) in [6.45, 7) is 1.98. The molecule has 1 aliphatic heterocycles. The van der Waals surface area contributed by atoms with E-state index in [1.54, 1.807) is 31.4 Å². The fraction of sp³-hybridized carbons (Fsp3) is 0.200. The van der Waals surface area contributed by atoms with Crippen molar-refractivity contribution < 1.29 is 9.84 Å². The van der Waals surface area contributed by atoms with Gasteiger partial charge in [-0.05, 0) is 30.7 Å². The van der Waals surface area contributed by atoms with Crippen LogP contribution < -0.4 is 20.8 Å². The molecule has 0 saturated carbocycles. The van der Waals surface area contributed by atoms with Crippen molar-refractivity contribution in [1.29, 1.82) is 0 Å². The Morgan fingerprint density at radius 2 is 2.00 bits per heavy atom. The highest BCUT2D eigenvalue weighted by atomic mass is 35.5. The van der Waals surface area contributed by atoms with Crippen molar-refractivity contribution in [2.24, 2.45) is 0 Å². The number of aromatic nitrogens is 2. The summed E-state index contributed by atoms with van der Waals surface area (Å²) in [6.07, 6.45) is 0.915. The van der Waals surface area contributed by atoms with E-state index in [2.05, 4.69) is 26.0 Å². The number of ether oxygens (including phenoxy) is 1. The van der Waals surface area contributed by atoms with Crippen LogP contribution in [0, 0.1) is 6.92 Å². The summed E-state index contributed by atoms with van der Waals surface area (Å²) in [5.41, 5.74) is 6.09. The third-order valence-corrected chi connectivity index (χ3v) is 4.87. The number of nitrogens with one attached hydrogen (secondary N) is 3. The number of rotatable bonds is 5. The Balaban J connectivity index is 1.75. The van der Waals surface area contributed by atoms with Crippen molar-refractivity contribution >= 4 is 40.4 Å². The zero-order chi connectivity index (χ0) is 20.5. The predicted octanol–water partition coefficient (Wildman–Crippen LogP) is 4.20. The molecule has 9 heteroatoms. The number of nitrogens with zero attached hydrogens (tertiary/aromatic N) is 3. The maximum Gasteiger partial charge on any atom is 0.160 e. The molecule has 2 aromatic heterocycles. The molecule has 0 saturated heterocycles. The molecule has 29 heavy (non-hydrogen) atoms. The van der Waals surface area contributed by atoms with Crippen molar-refractivity contribution in [3.63, 3.8) is 0 Å². The molecule has 8 nitrogen and oxygen atoms in total. The lowest BCUT2D eigenvalue weighted by Gasteiger charge is -2.18. The van der Waals surface area contributed by atoms with Gasteiger partial charge in [0.25, 0.3) is 0 Å². The van der Waals surface area contributed by atoms with Crippen molar-refractivity contribution in [2.45, 2.75) is 13.2 Å². The first kappa shape index (κ1) is 19.3. The van der Waals surface area contributed by atoms with Gasteiger partial charge in [0.2, 0.25) is 0 Å². The van der Waals surface area contributed by atoms with E-state index in [1.165, 1.54) is 0 Å². The van der Waals surface area contributed by atoms with Crippen LogP contribution in [0.1, 0.15) is 17.4 Å². The number of anilines is 5. The average molecular weight is 413 g/mol. The van der Waals surface area contributed by atoms with Crippen LogP contribution in [0.2, 0.25) is 5.02 Å². The zero-order valence-corrected chi connectivity index (χ0v) is 16.9. The molecule has 4 N–H and O–H groups in total. The number of aliphatic hydroxyl groups is 1. The van der Waals surface area contributed by atoms with Gasteiger partial charge in [0.15, 0.2) is 17.8 Å². The number of aliphatic hydroxyl groups excluding tert-OH is 1. The SMILES string of the molecule is COc1c(Cl)cccc1Nc1cc(Nc2ccc(C)cn2)nc2c1C(O)N(C)N2. The monoisotopic (exact) mass is 412 g/mol. The van der Waals surface area contributed by atoms with Gasteiger partial charge in [-0.15, -0.1) is 0 Å². The van der Waals surface area contributed by atoms with Crippen LogP contribution in [-0.4, -0.2) is 34.2 Å². The average Bonchev–Trinajstić information content (AvgIpc) is 2.98. The summed E-state index contributed by atoms with van der Waals surface area (Å²) in [7, 11) is 3.30. The molecule has 0 amide bonds. The first-order valence-electron chi connectivity index (χ1n) is 8.98. The molecule has 150 valence electrons. The van der Waals surface area contributed by atoms with Gasteiger partial charge in [-0.1, -0.05) is 23.7 Å². The Kier molecular flexibility index (Phi) is 5.14. The number of methoxy groups -OCH3 is 1. The van der Waals surface area contributed by atoms with E-state index in [9.17, 15) is 5.11 Å². The largest absolute Gasteiger partial charge is 0.493 e. The first-order chi connectivity index (χ1) is 14.0. The quantitative estimate of drug-likeness (QED) is 0.495. The third kappa shape index (κ3) is 3.77. The van der Waals surface area contributed by atoms with Gasteiger partial charge in [-0.25, -0.2) is 9.97 Å². The molecule has 0 fully saturated rings. The van der Waals surface area contributed by atoms with Gasteiger partial charge in [0, 0.05) is 19.3 Å². The molecule has 0 bridgehead atoms. The number of para-hydroxylation sites is 1. The normalized spacial score (nSPS) is 15.6. The topological polar surface area (TPSA) is 94.6 Å². The van der Waals surface area contributed by atoms with Crippen LogP contribution in [0.3, 0.4) is 0 Å². The number of hydrogen-bond donors (Lipinski definition) is 4. The van der Waals surface area contributed by atoms with Crippen LogP contribution in [-0.2, 0) is 0 Å². The fourth-order valence-electron chi connectivity index (χ4n) is 3.12. The second-order valence-corrected chi connectivity index (χ2v) is 7.11. The van der Waals surface area contributed by atoms with Crippen molar-refractivity contribution in [2.75, 3.05) is 30.2 Å². The Morgan fingerprint density at radius 1 is 1.17 bits per heavy atom. The lowest BCUT2D eigenvalue weighted by atomic mass is 10.1. The smallest absolute Gasteiger partial charge is 0.160 e. The minimum Gasteiger partial charge on any atom is -0.493 e. The van der Waals surface area contributed by atoms with Crippen molar-refractivity contribution in [3.05, 3.63) is 58.7 Å². The summed E-state index contributed by atoms with van der Waals surface area (Å²) in [5.74, 6) is 2.30. The molecular formula is C20H21ClN6O2. The van der Waals surface area contributed by atoms with Crippen LogP contribution in [0.5, 0.6) is 5.75 Å². The highest BCUT2D eigenvalue weighted by Crippen LogP contribution is 2.42. The van der Waals surface area contributed by atoms with Gasteiger partial charge in [-0.3, -0.25) is 0 Å². The molecule has 1 aliphatic rings. The van der Waals surface area contributed by atoms with Crippen molar-refractivity contribution in [3.8, 4) is 5.75 Å². The molecule has 0 radical (unpaired) electrons. The van der Waals surface area contributed by atoms with Gasteiger partial charge in [0.05, 0.1) is 29.1 Å². The van der Waals surface area contributed by atoms with Gasteiger partial charge < -0.3 is 25.9 Å². The Hall–Kier alpha value is -3.07. The molecule has 3 aromatic rings. The maximum absolute atomic E-state index is 10.6. The first-order valence-corrected chi connectivity index (χ1v) is 9.35. The van der Waals surface area contributed by atoms with Crippen LogP contribution in [0.4, 0.5) is 28.8 Å². The molecule has 3 heterocycles. The fourth-order valence-corrected chi connectivity index (χ4v) is 3.38. The highest BCUT2D eigenvalue weighted by Gasteiger charge is 2.31. The van der Waals surface area contributed by atoms with Gasteiger partial charge >= 0.3 is 0 Å². The number of aryl methyl sites for hydroxylation is 1. The zero-order valence-electron chi connectivity index (χ0n) is 16.2. The van der Waals surface area contributed by atoms with Crippen LogP contribution in [0.25, 0.3) is 0 Å². The number of halogens is 1. The van der Waals surface area contributed by atoms with E-state index in [-0.39, 0.29) is 0 Å². The summed E-state index contributed by atoms with van der Waals surface area (Å²) >= 11 is 6.25. The van der Waals surface area contributed by atoms with Gasteiger partial charge in [0.1, 0.15) is 11.6 Å². The summed E-state index contributed by atoms with van der Waals surface area (Å²) < 4.78 is 5.43. The lowest BCUT2D eigenvalue weighted by molar-refractivity contribution is 0.0524. The predicted molar refractivity (Wildman–Crippen MR) is 114 cm³/mol. The minimum absolute atomic E-state index is 0.487. The van der Waals surface area contributed by atoms with Crippen LogP contribution >= 0.6 is 11.6 Å². The summed E-state index contributed by atoms with van der Waals surface area (Å²) in [5, 5.41) is 19.2. The van der Waals surface area contributed by atoms with E-state index in [0.29, 0.717) is 45.2 Å². The molecule has 1 aromatic carbocycles. The van der Waals surface area contributed by atoms with E-state index < -0.39 is 6.23 Å². The number of benzene rings is 1. The van der Waals surface area contributed by atoms with Gasteiger partial charge in [-0.2, -0.15) is 5.01 Å². The molecule has 1 unspecified atom stereocenters. The Bertz CT molecular complexity index is 1040. The summed E-state index contributed by atoms with van der Waals surface area (Å²) in [4.78, 5) is 8.93. The third-order valence-electron chi connectivity index (χ3n) is 4.57. The number of hydrazine groups is 1. The van der Waals surface area contributed by atoms with E-state index in [1.807, 2.05) is 37.3 Å². The van der Waals surface area contributed by atoms with Crippen molar-refractivity contribution in [1.82, 2.24) is 15.0 Å². The molecule has 4 rings (SSSR count). The van der Waals surface area contributed by atoms with E-state index in [0.717, 1.165) is 5.56 Å². The minimum atomic E-state index is -0.864. The lowest BCUT2D eigenvalue weighted by Crippen LogP contribution is -2.22. The molecule has 1 atom stereocenters. The van der Waals surface area contributed by atoms with E-state index >= 15 is 0 Å². The number of hydrogen-bond acceptors (Lipinski definition) is 8. The second kappa shape index (κ2) is 7.75. The standard InChI is InChI=1S/C20H21ClN6O2/c1-11-7-8-15(22-10-11)24-16-9-14(17-19(25-16)26-27(2)20(17)28)23-13-6-4-5-12(21)18(13)29-3/h4-10,20,28H,1-3H3,(H3,22,23,24,25,26). The molecular weight excluding hydrogens is 392 g/mol. The highest BCUT2D eigenvalue weighted by molar-refractivity contribution is 6.32. The Morgan fingerprint density at radius 3 is 2.72 bits per heavy atom. The molecule has 0 aliphatic carbocycles.